The summed E-state index contributed by atoms with van der Waals surface area (Å²) in [5, 5.41) is 4.67. The van der Waals surface area contributed by atoms with E-state index in [9.17, 15) is 4.79 Å². The van der Waals surface area contributed by atoms with Gasteiger partial charge in [-0.05, 0) is 49.2 Å². The van der Waals surface area contributed by atoms with E-state index in [-0.39, 0.29) is 5.91 Å². The third-order valence-corrected chi connectivity index (χ3v) is 6.58. The number of amides is 1. The minimum Gasteiger partial charge on any atom is -0.493 e. The highest BCUT2D eigenvalue weighted by Gasteiger charge is 2.21. The number of piperazine rings is 1. The maximum absolute atomic E-state index is 12.8. The lowest BCUT2D eigenvalue weighted by Crippen LogP contribution is -2.47. The Morgan fingerprint density at radius 3 is 2.64 bits per heavy atom. The van der Waals surface area contributed by atoms with Gasteiger partial charge in [-0.3, -0.25) is 9.69 Å². The van der Waals surface area contributed by atoms with Crippen LogP contribution in [0.3, 0.4) is 0 Å². The van der Waals surface area contributed by atoms with E-state index >= 15 is 0 Å². The van der Waals surface area contributed by atoms with Gasteiger partial charge in [-0.2, -0.15) is 5.10 Å². The molecule has 2 aromatic carbocycles. The number of benzene rings is 2. The molecule has 1 aromatic heterocycles. The van der Waals surface area contributed by atoms with Crippen molar-refractivity contribution in [2.75, 3.05) is 32.8 Å². The number of para-hydroxylation sites is 1. The van der Waals surface area contributed by atoms with E-state index in [4.69, 9.17) is 4.74 Å². The molecule has 5 rings (SSSR count). The van der Waals surface area contributed by atoms with Crippen LogP contribution in [-0.4, -0.2) is 58.3 Å². The maximum atomic E-state index is 12.8. The van der Waals surface area contributed by atoms with Gasteiger partial charge in [0.1, 0.15) is 5.75 Å². The monoisotopic (exact) mass is 442 g/mol. The smallest absolute Gasteiger partial charge is 0.246 e. The molecule has 3 aromatic rings. The van der Waals surface area contributed by atoms with E-state index in [0.717, 1.165) is 74.1 Å². The van der Waals surface area contributed by atoms with Crippen molar-refractivity contribution in [2.45, 2.75) is 26.8 Å². The van der Waals surface area contributed by atoms with Crippen LogP contribution >= 0.6 is 0 Å². The average molecular weight is 443 g/mol. The molecule has 2 aliphatic rings. The number of aryl methyl sites for hydroxylation is 1. The summed E-state index contributed by atoms with van der Waals surface area (Å²) in [7, 11) is 0. The van der Waals surface area contributed by atoms with E-state index in [1.165, 1.54) is 11.1 Å². The fraction of sp³-hybridized carbons (Fsp3) is 0.333. The summed E-state index contributed by atoms with van der Waals surface area (Å²) in [6.07, 6.45) is 4.61. The standard InChI is InChI=1S/C27H30N4O2/c1-20-25(21(2)31(28-20)24-6-4-3-5-7-24)9-11-27(32)30-15-13-29(14-16-30)19-22-8-10-26-23(18-22)12-17-33-26/h3-11,18H,12-17,19H2,1-2H3. The summed E-state index contributed by atoms with van der Waals surface area (Å²) in [5.74, 6) is 1.09. The van der Waals surface area contributed by atoms with Crippen LogP contribution < -0.4 is 4.74 Å². The van der Waals surface area contributed by atoms with Gasteiger partial charge in [-0.1, -0.05) is 30.3 Å². The molecule has 0 radical (unpaired) electrons. The van der Waals surface area contributed by atoms with Crippen LogP contribution in [0.25, 0.3) is 11.8 Å². The molecule has 33 heavy (non-hydrogen) atoms. The number of carbonyl (C=O) groups is 1. The predicted molar refractivity (Wildman–Crippen MR) is 130 cm³/mol. The van der Waals surface area contributed by atoms with Crippen LogP contribution in [0.2, 0.25) is 0 Å². The lowest BCUT2D eigenvalue weighted by atomic mass is 10.1. The largest absolute Gasteiger partial charge is 0.493 e. The van der Waals surface area contributed by atoms with E-state index in [1.54, 1.807) is 6.08 Å². The topological polar surface area (TPSA) is 50.6 Å². The summed E-state index contributed by atoms with van der Waals surface area (Å²) >= 11 is 0. The lowest BCUT2D eigenvalue weighted by molar-refractivity contribution is -0.127. The van der Waals surface area contributed by atoms with E-state index in [0.29, 0.717) is 0 Å². The van der Waals surface area contributed by atoms with Crippen molar-refractivity contribution in [1.82, 2.24) is 19.6 Å². The third kappa shape index (κ3) is 4.57. The molecule has 0 aliphatic carbocycles. The minimum absolute atomic E-state index is 0.0654. The third-order valence-electron chi connectivity index (χ3n) is 6.58. The normalized spacial score (nSPS) is 16.2. The molecular formula is C27H30N4O2. The molecule has 1 amide bonds. The zero-order valence-corrected chi connectivity index (χ0v) is 19.3. The van der Waals surface area contributed by atoms with Crippen LogP contribution in [0, 0.1) is 13.8 Å². The Morgan fingerprint density at radius 2 is 1.85 bits per heavy atom. The van der Waals surface area contributed by atoms with Crippen LogP contribution in [0.4, 0.5) is 0 Å². The molecule has 0 bridgehead atoms. The van der Waals surface area contributed by atoms with Gasteiger partial charge in [-0.25, -0.2) is 4.68 Å². The van der Waals surface area contributed by atoms with E-state index in [2.05, 4.69) is 28.2 Å². The summed E-state index contributed by atoms with van der Waals surface area (Å²) in [4.78, 5) is 17.2. The van der Waals surface area contributed by atoms with Crippen molar-refractivity contribution >= 4 is 12.0 Å². The number of carbonyl (C=O) groups excluding carboxylic acids is 1. The summed E-state index contributed by atoms with van der Waals surface area (Å²) < 4.78 is 7.54. The van der Waals surface area contributed by atoms with Gasteiger partial charge in [-0.15, -0.1) is 0 Å². The Hall–Kier alpha value is -3.38. The molecule has 3 heterocycles. The summed E-state index contributed by atoms with van der Waals surface area (Å²) in [6.45, 7) is 9.01. The number of ether oxygens (including phenoxy) is 1. The number of nitrogens with zero attached hydrogens (tertiary/aromatic N) is 4. The highest BCUT2D eigenvalue weighted by atomic mass is 16.5. The van der Waals surface area contributed by atoms with Gasteiger partial charge >= 0.3 is 0 Å². The number of hydrogen-bond donors (Lipinski definition) is 0. The number of rotatable bonds is 5. The molecule has 0 N–H and O–H groups in total. The van der Waals surface area contributed by atoms with Gasteiger partial charge in [0.15, 0.2) is 0 Å². The molecule has 1 fully saturated rings. The Balaban J connectivity index is 1.18. The molecule has 2 aliphatic heterocycles. The number of hydrogen-bond acceptors (Lipinski definition) is 4. The Labute approximate surface area is 195 Å². The van der Waals surface area contributed by atoms with Crippen LogP contribution in [0.15, 0.2) is 54.6 Å². The van der Waals surface area contributed by atoms with Crippen LogP contribution in [0.5, 0.6) is 5.75 Å². The Bertz CT molecular complexity index is 1170. The second-order valence-electron chi connectivity index (χ2n) is 8.81. The molecule has 0 spiro atoms. The second kappa shape index (κ2) is 9.24. The SMILES string of the molecule is Cc1nn(-c2ccccc2)c(C)c1C=CC(=O)N1CCN(Cc2ccc3c(c2)CCO3)CC1. The van der Waals surface area contributed by atoms with Crippen molar-refractivity contribution in [3.63, 3.8) is 0 Å². The Morgan fingerprint density at radius 1 is 1.06 bits per heavy atom. The molecule has 1 saturated heterocycles. The van der Waals surface area contributed by atoms with Crippen LogP contribution in [0.1, 0.15) is 28.1 Å². The molecule has 0 atom stereocenters. The molecule has 6 nitrogen and oxygen atoms in total. The van der Waals surface area contributed by atoms with Crippen molar-refractivity contribution in [3.05, 3.63) is 82.7 Å². The first-order valence-corrected chi connectivity index (χ1v) is 11.6. The van der Waals surface area contributed by atoms with E-state index < -0.39 is 0 Å². The van der Waals surface area contributed by atoms with Gasteiger partial charge in [0, 0.05) is 56.5 Å². The zero-order valence-electron chi connectivity index (χ0n) is 19.3. The number of aromatic nitrogens is 2. The highest BCUT2D eigenvalue weighted by molar-refractivity contribution is 5.92. The quantitative estimate of drug-likeness (QED) is 0.565. The Kier molecular flexibility index (Phi) is 6.01. The zero-order chi connectivity index (χ0) is 22.8. The van der Waals surface area contributed by atoms with E-state index in [1.807, 2.05) is 59.8 Å². The van der Waals surface area contributed by atoms with Crippen LogP contribution in [-0.2, 0) is 17.8 Å². The van der Waals surface area contributed by atoms with Crippen molar-refractivity contribution in [3.8, 4) is 11.4 Å². The van der Waals surface area contributed by atoms with Crippen molar-refractivity contribution in [2.24, 2.45) is 0 Å². The first-order valence-electron chi connectivity index (χ1n) is 11.6. The summed E-state index contributed by atoms with van der Waals surface area (Å²) in [6, 6.07) is 16.6. The highest BCUT2D eigenvalue weighted by Crippen LogP contribution is 2.26. The number of fused-ring (bicyclic) bond motifs is 1. The van der Waals surface area contributed by atoms with Crippen molar-refractivity contribution < 1.29 is 9.53 Å². The van der Waals surface area contributed by atoms with Gasteiger partial charge in [0.05, 0.1) is 18.0 Å². The van der Waals surface area contributed by atoms with Gasteiger partial charge in [0.25, 0.3) is 0 Å². The second-order valence-corrected chi connectivity index (χ2v) is 8.81. The van der Waals surface area contributed by atoms with Gasteiger partial charge in [0.2, 0.25) is 5.91 Å². The lowest BCUT2D eigenvalue weighted by Gasteiger charge is -2.34. The maximum Gasteiger partial charge on any atom is 0.246 e. The molecule has 170 valence electrons. The van der Waals surface area contributed by atoms with Gasteiger partial charge < -0.3 is 9.64 Å². The summed E-state index contributed by atoms with van der Waals surface area (Å²) in [5.41, 5.74) is 6.62. The first-order chi connectivity index (χ1) is 16.1. The fourth-order valence-electron chi connectivity index (χ4n) is 4.70. The first kappa shape index (κ1) is 21.5. The average Bonchev–Trinajstić information content (AvgIpc) is 3.42. The molecular weight excluding hydrogens is 412 g/mol. The molecule has 0 unspecified atom stereocenters. The predicted octanol–water partition coefficient (Wildman–Crippen LogP) is 3.78. The molecule has 0 saturated carbocycles. The molecule has 6 heteroatoms. The minimum atomic E-state index is 0.0654. The fourth-order valence-corrected chi connectivity index (χ4v) is 4.70. The van der Waals surface area contributed by atoms with Crippen molar-refractivity contribution in [1.29, 1.82) is 0 Å².